The van der Waals surface area contributed by atoms with E-state index in [1.165, 1.54) is 23.0 Å². The number of nitrogens with zero attached hydrogens (tertiary/aromatic N) is 2. The summed E-state index contributed by atoms with van der Waals surface area (Å²) in [6.07, 6.45) is 2.77. The Hall–Kier alpha value is -1.62. The second kappa shape index (κ2) is 4.00. The van der Waals surface area contributed by atoms with Crippen molar-refractivity contribution >= 4 is 22.2 Å². The summed E-state index contributed by atoms with van der Waals surface area (Å²) in [5.41, 5.74) is 7.81. The standard InChI is InChI=1S/C12H12FN3S/c13-9-2-1-8-3-4-16(11(8)5-9)7-10-6-15-12(14)17-10/h1-2,5-6H,3-4,7H2,(H2,14,15). The maximum atomic E-state index is 13.2. The lowest BCUT2D eigenvalue weighted by Gasteiger charge is -2.18. The molecule has 3 nitrogen and oxygen atoms in total. The number of benzene rings is 1. The van der Waals surface area contributed by atoms with E-state index in [9.17, 15) is 4.39 Å². The first-order valence-electron chi connectivity index (χ1n) is 5.46. The summed E-state index contributed by atoms with van der Waals surface area (Å²) in [5.74, 6) is -0.181. The van der Waals surface area contributed by atoms with Crippen LogP contribution < -0.4 is 10.6 Å². The molecular weight excluding hydrogens is 237 g/mol. The lowest BCUT2D eigenvalue weighted by Crippen LogP contribution is -2.18. The molecule has 0 saturated carbocycles. The second-order valence-electron chi connectivity index (χ2n) is 4.11. The molecule has 1 aromatic heterocycles. The number of hydrogen-bond acceptors (Lipinski definition) is 4. The third kappa shape index (κ3) is 1.98. The Labute approximate surface area is 103 Å². The van der Waals surface area contributed by atoms with Crippen molar-refractivity contribution in [3.63, 3.8) is 0 Å². The maximum absolute atomic E-state index is 13.2. The smallest absolute Gasteiger partial charge is 0.180 e. The summed E-state index contributed by atoms with van der Waals surface area (Å²) in [6.45, 7) is 1.68. The zero-order valence-corrected chi connectivity index (χ0v) is 10.0. The molecule has 2 heterocycles. The third-order valence-electron chi connectivity index (χ3n) is 2.96. The Morgan fingerprint density at radius 3 is 3.12 bits per heavy atom. The van der Waals surface area contributed by atoms with Crippen molar-refractivity contribution in [2.75, 3.05) is 17.2 Å². The quantitative estimate of drug-likeness (QED) is 0.888. The first-order chi connectivity index (χ1) is 8.22. The number of nitrogens with two attached hydrogens (primary N) is 1. The number of hydrogen-bond donors (Lipinski definition) is 1. The summed E-state index contributed by atoms with van der Waals surface area (Å²) in [7, 11) is 0. The van der Waals surface area contributed by atoms with Crippen LogP contribution in [0.1, 0.15) is 10.4 Å². The van der Waals surface area contributed by atoms with Crippen LogP contribution in [0.3, 0.4) is 0 Å². The first kappa shape index (κ1) is 10.5. The largest absolute Gasteiger partial charge is 0.375 e. The lowest BCUT2D eigenvalue weighted by atomic mass is 10.2. The molecule has 17 heavy (non-hydrogen) atoms. The van der Waals surface area contributed by atoms with E-state index < -0.39 is 0 Å². The molecule has 1 aliphatic rings. The van der Waals surface area contributed by atoms with Crippen LogP contribution >= 0.6 is 11.3 Å². The highest BCUT2D eigenvalue weighted by molar-refractivity contribution is 7.15. The van der Waals surface area contributed by atoms with Crippen LogP contribution in [-0.4, -0.2) is 11.5 Å². The van der Waals surface area contributed by atoms with Gasteiger partial charge in [0.15, 0.2) is 5.13 Å². The van der Waals surface area contributed by atoms with Crippen LogP contribution in [-0.2, 0) is 13.0 Å². The van der Waals surface area contributed by atoms with Crippen molar-refractivity contribution in [2.45, 2.75) is 13.0 Å². The molecule has 0 atom stereocenters. The molecule has 0 bridgehead atoms. The van der Waals surface area contributed by atoms with Gasteiger partial charge in [-0.25, -0.2) is 9.37 Å². The Balaban J connectivity index is 1.86. The molecule has 0 unspecified atom stereocenters. The van der Waals surface area contributed by atoms with Gasteiger partial charge >= 0.3 is 0 Å². The zero-order valence-electron chi connectivity index (χ0n) is 9.19. The molecule has 0 aliphatic carbocycles. The number of halogens is 1. The minimum absolute atomic E-state index is 0.181. The fourth-order valence-electron chi connectivity index (χ4n) is 2.17. The minimum Gasteiger partial charge on any atom is -0.375 e. The van der Waals surface area contributed by atoms with Gasteiger partial charge in [-0.2, -0.15) is 0 Å². The van der Waals surface area contributed by atoms with Gasteiger partial charge in [0.25, 0.3) is 0 Å². The SMILES string of the molecule is Nc1ncc(CN2CCc3ccc(F)cc32)s1. The number of anilines is 2. The molecule has 5 heteroatoms. The van der Waals surface area contributed by atoms with E-state index in [1.54, 1.807) is 12.3 Å². The summed E-state index contributed by atoms with van der Waals surface area (Å²) in [4.78, 5) is 7.31. The number of aromatic nitrogens is 1. The first-order valence-corrected chi connectivity index (χ1v) is 6.27. The minimum atomic E-state index is -0.181. The molecule has 3 rings (SSSR count). The Bertz CT molecular complexity index is 552. The van der Waals surface area contributed by atoms with E-state index in [2.05, 4.69) is 9.88 Å². The van der Waals surface area contributed by atoms with Gasteiger partial charge in [-0.3, -0.25) is 0 Å². The molecule has 0 amide bonds. The number of thiazole rings is 1. The Kier molecular flexibility index (Phi) is 2.48. The van der Waals surface area contributed by atoms with Crippen LogP contribution in [0.15, 0.2) is 24.4 Å². The van der Waals surface area contributed by atoms with Crippen LogP contribution in [0.2, 0.25) is 0 Å². The highest BCUT2D eigenvalue weighted by atomic mass is 32.1. The number of nitrogen functional groups attached to an aromatic ring is 1. The Morgan fingerprint density at radius 2 is 2.35 bits per heavy atom. The van der Waals surface area contributed by atoms with Gasteiger partial charge in [0.2, 0.25) is 0 Å². The summed E-state index contributed by atoms with van der Waals surface area (Å²) < 4.78 is 13.2. The summed E-state index contributed by atoms with van der Waals surface area (Å²) in [5, 5.41) is 0.582. The van der Waals surface area contributed by atoms with E-state index >= 15 is 0 Å². The monoisotopic (exact) mass is 249 g/mol. The van der Waals surface area contributed by atoms with Crippen LogP contribution in [0.25, 0.3) is 0 Å². The van der Waals surface area contributed by atoms with Crippen LogP contribution in [0, 0.1) is 5.82 Å². The van der Waals surface area contributed by atoms with Gasteiger partial charge in [-0.15, -0.1) is 11.3 Å². The normalized spacial score (nSPS) is 14.1. The van der Waals surface area contributed by atoms with Gasteiger partial charge in [-0.05, 0) is 24.1 Å². The molecule has 88 valence electrons. The Morgan fingerprint density at radius 1 is 1.47 bits per heavy atom. The highest BCUT2D eigenvalue weighted by Crippen LogP contribution is 2.31. The van der Waals surface area contributed by atoms with Crippen molar-refractivity contribution in [3.05, 3.63) is 40.7 Å². The zero-order chi connectivity index (χ0) is 11.8. The molecule has 0 spiro atoms. The molecule has 0 saturated heterocycles. The van der Waals surface area contributed by atoms with Gasteiger partial charge in [-0.1, -0.05) is 6.07 Å². The predicted octanol–water partition coefficient (Wildman–Crippen LogP) is 2.43. The van der Waals surface area contributed by atoms with E-state index in [4.69, 9.17) is 5.73 Å². The van der Waals surface area contributed by atoms with E-state index in [0.717, 1.165) is 30.1 Å². The fraction of sp³-hybridized carbons (Fsp3) is 0.250. The molecule has 2 N–H and O–H groups in total. The number of rotatable bonds is 2. The molecule has 0 fully saturated rings. The summed E-state index contributed by atoms with van der Waals surface area (Å²) >= 11 is 1.48. The van der Waals surface area contributed by atoms with Crippen molar-refractivity contribution in [1.29, 1.82) is 0 Å². The molecular formula is C12H12FN3S. The predicted molar refractivity (Wildman–Crippen MR) is 67.7 cm³/mol. The van der Waals surface area contributed by atoms with Crippen molar-refractivity contribution in [1.82, 2.24) is 4.98 Å². The average Bonchev–Trinajstić information content (AvgIpc) is 2.87. The van der Waals surface area contributed by atoms with Crippen molar-refractivity contribution < 1.29 is 4.39 Å². The van der Waals surface area contributed by atoms with Crippen molar-refractivity contribution in [2.24, 2.45) is 0 Å². The number of fused-ring (bicyclic) bond motifs is 1. The van der Waals surface area contributed by atoms with Gasteiger partial charge in [0.1, 0.15) is 5.82 Å². The van der Waals surface area contributed by atoms with E-state index in [0.29, 0.717) is 5.13 Å². The molecule has 2 aromatic rings. The van der Waals surface area contributed by atoms with Gasteiger partial charge in [0, 0.05) is 23.3 Å². The highest BCUT2D eigenvalue weighted by Gasteiger charge is 2.20. The molecule has 1 aliphatic heterocycles. The van der Waals surface area contributed by atoms with Crippen molar-refractivity contribution in [3.8, 4) is 0 Å². The summed E-state index contributed by atoms with van der Waals surface area (Å²) in [6, 6.07) is 4.99. The molecule has 1 aromatic carbocycles. The third-order valence-corrected chi connectivity index (χ3v) is 3.77. The second-order valence-corrected chi connectivity index (χ2v) is 5.26. The fourth-order valence-corrected chi connectivity index (χ4v) is 2.87. The topological polar surface area (TPSA) is 42.1 Å². The average molecular weight is 249 g/mol. The van der Waals surface area contributed by atoms with Gasteiger partial charge < -0.3 is 10.6 Å². The van der Waals surface area contributed by atoms with Crippen LogP contribution in [0.5, 0.6) is 0 Å². The lowest BCUT2D eigenvalue weighted by molar-refractivity contribution is 0.627. The van der Waals surface area contributed by atoms with E-state index in [-0.39, 0.29) is 5.82 Å². The maximum Gasteiger partial charge on any atom is 0.180 e. The molecule has 0 radical (unpaired) electrons. The van der Waals surface area contributed by atoms with Gasteiger partial charge in [0.05, 0.1) is 6.54 Å². The van der Waals surface area contributed by atoms with E-state index in [1.807, 2.05) is 6.07 Å². The van der Waals surface area contributed by atoms with Crippen LogP contribution in [0.4, 0.5) is 15.2 Å².